The number of nitrogens with one attached hydrogen (secondary N) is 1. The third kappa shape index (κ3) is 6.62. The van der Waals surface area contributed by atoms with Crippen molar-refractivity contribution >= 4 is 33.0 Å². The van der Waals surface area contributed by atoms with Gasteiger partial charge >= 0.3 is 0 Å². The van der Waals surface area contributed by atoms with Gasteiger partial charge < -0.3 is 19.7 Å². The Hall–Kier alpha value is -4.34. The number of carbonyl (C=O) groups excluding carboxylic acids is 1. The van der Waals surface area contributed by atoms with Crippen LogP contribution in [0.3, 0.4) is 0 Å². The van der Waals surface area contributed by atoms with Crippen molar-refractivity contribution in [3.63, 3.8) is 0 Å². The summed E-state index contributed by atoms with van der Waals surface area (Å²) in [6.45, 7) is 4.48. The van der Waals surface area contributed by atoms with Crippen LogP contribution in [0.5, 0.6) is 11.5 Å². The van der Waals surface area contributed by atoms with Gasteiger partial charge in [-0.2, -0.15) is 0 Å². The van der Waals surface area contributed by atoms with Crippen LogP contribution in [0.25, 0.3) is 0 Å². The normalized spacial score (nSPS) is 13.5. The minimum Gasteiger partial charge on any atom is -0.457 e. The van der Waals surface area contributed by atoms with Crippen molar-refractivity contribution in [3.8, 4) is 11.5 Å². The van der Waals surface area contributed by atoms with E-state index < -0.39 is 22.5 Å². The van der Waals surface area contributed by atoms with Crippen LogP contribution >= 0.6 is 0 Å². The van der Waals surface area contributed by atoms with Crippen LogP contribution in [0.1, 0.15) is 5.56 Å². The Kier molecular flexibility index (Phi) is 8.33. The Morgan fingerprint density at radius 3 is 2.12 bits per heavy atom. The third-order valence-corrected chi connectivity index (χ3v) is 8.32. The number of anilines is 3. The number of para-hydroxylation sites is 1. The topological polar surface area (TPSA) is 88.2 Å². The number of hydrogen-bond acceptors (Lipinski definition) is 6. The molecule has 0 atom stereocenters. The maximum Gasteiger partial charge on any atom is 0.264 e. The van der Waals surface area contributed by atoms with Gasteiger partial charge in [0.2, 0.25) is 5.91 Å². The van der Waals surface area contributed by atoms with Crippen molar-refractivity contribution < 1.29 is 22.7 Å². The smallest absolute Gasteiger partial charge is 0.264 e. The molecule has 8 nitrogen and oxygen atoms in total. The summed E-state index contributed by atoms with van der Waals surface area (Å²) in [7, 11) is -4.04. The molecule has 1 amide bonds. The van der Waals surface area contributed by atoms with Gasteiger partial charge in [0.15, 0.2) is 0 Å². The number of carbonyl (C=O) groups is 1. The molecule has 1 saturated heterocycles. The highest BCUT2D eigenvalue weighted by molar-refractivity contribution is 7.92. The van der Waals surface area contributed by atoms with Crippen LogP contribution < -0.4 is 19.3 Å². The Balaban J connectivity index is 1.35. The SMILES string of the molecule is Cc1ccc(S(=O)(=O)N(CC(=O)Nc2ccc(N3CCOCC3)cc2)c2ccc(Oc3ccccc3)cc2)cc1. The summed E-state index contributed by atoms with van der Waals surface area (Å²) in [6, 6.07) is 30.0. The van der Waals surface area contributed by atoms with Gasteiger partial charge in [-0.3, -0.25) is 9.10 Å². The van der Waals surface area contributed by atoms with E-state index in [0.717, 1.165) is 28.6 Å². The molecule has 9 heteroatoms. The number of ether oxygens (including phenoxy) is 2. The second-order valence-electron chi connectivity index (χ2n) is 9.43. The Morgan fingerprint density at radius 1 is 0.850 bits per heavy atom. The van der Waals surface area contributed by atoms with Gasteiger partial charge in [-0.15, -0.1) is 0 Å². The molecular weight excluding hydrogens is 526 g/mol. The van der Waals surface area contributed by atoms with Crippen molar-refractivity contribution in [1.29, 1.82) is 0 Å². The molecular formula is C31H31N3O5S. The molecule has 0 unspecified atom stereocenters. The molecule has 0 radical (unpaired) electrons. The van der Waals surface area contributed by atoms with Crippen LogP contribution in [-0.2, 0) is 19.6 Å². The first-order valence-corrected chi connectivity index (χ1v) is 14.5. The molecule has 1 N–H and O–H groups in total. The van der Waals surface area contributed by atoms with Crippen LogP contribution in [0.15, 0.2) is 108 Å². The lowest BCUT2D eigenvalue weighted by molar-refractivity contribution is -0.114. The largest absolute Gasteiger partial charge is 0.457 e. The van der Waals surface area contributed by atoms with Crippen LogP contribution in [-0.4, -0.2) is 47.2 Å². The molecule has 1 aliphatic heterocycles. The van der Waals surface area contributed by atoms with E-state index in [4.69, 9.17) is 9.47 Å². The summed E-state index contributed by atoms with van der Waals surface area (Å²) in [5.74, 6) is 0.755. The van der Waals surface area contributed by atoms with Gasteiger partial charge in [0, 0.05) is 24.5 Å². The molecule has 4 aromatic rings. The highest BCUT2D eigenvalue weighted by atomic mass is 32.2. The van der Waals surface area contributed by atoms with Gasteiger partial charge in [0.1, 0.15) is 18.0 Å². The van der Waals surface area contributed by atoms with Crippen LogP contribution in [0.4, 0.5) is 17.1 Å². The predicted octanol–water partition coefficient (Wildman–Crippen LogP) is 5.46. The monoisotopic (exact) mass is 557 g/mol. The lowest BCUT2D eigenvalue weighted by Gasteiger charge is -2.29. The number of rotatable bonds is 9. The standard InChI is InChI=1S/C31H31N3O5S/c1-24-7-17-30(18-8-24)40(36,37)34(27-13-15-29(16-14-27)39-28-5-3-2-4-6-28)23-31(35)32-25-9-11-26(12-10-25)33-19-21-38-22-20-33/h2-18H,19-23H2,1H3,(H,32,35). The van der Waals surface area contributed by atoms with E-state index in [1.165, 1.54) is 0 Å². The van der Waals surface area contributed by atoms with Crippen molar-refractivity contribution in [3.05, 3.63) is 109 Å². The number of aryl methyl sites for hydroxylation is 1. The highest BCUT2D eigenvalue weighted by Crippen LogP contribution is 2.28. The van der Waals surface area contributed by atoms with Gasteiger partial charge in [0.05, 0.1) is 23.8 Å². The molecule has 0 aliphatic carbocycles. The zero-order chi connectivity index (χ0) is 28.0. The summed E-state index contributed by atoms with van der Waals surface area (Å²) in [6.07, 6.45) is 0. The maximum atomic E-state index is 13.7. The molecule has 1 heterocycles. The first-order valence-electron chi connectivity index (χ1n) is 13.0. The summed E-state index contributed by atoms with van der Waals surface area (Å²) >= 11 is 0. The number of amides is 1. The average Bonchev–Trinajstić information content (AvgIpc) is 2.98. The van der Waals surface area contributed by atoms with E-state index in [0.29, 0.717) is 36.1 Å². The lowest BCUT2D eigenvalue weighted by Crippen LogP contribution is -2.38. The maximum absolute atomic E-state index is 13.7. The van der Waals surface area contributed by atoms with E-state index in [9.17, 15) is 13.2 Å². The van der Waals surface area contributed by atoms with Gasteiger partial charge in [-0.25, -0.2) is 8.42 Å². The van der Waals surface area contributed by atoms with Crippen molar-refractivity contribution in [2.45, 2.75) is 11.8 Å². The average molecular weight is 558 g/mol. The molecule has 40 heavy (non-hydrogen) atoms. The van der Waals surface area contributed by atoms with E-state index in [-0.39, 0.29) is 4.90 Å². The second kappa shape index (κ2) is 12.2. The fourth-order valence-corrected chi connectivity index (χ4v) is 5.79. The molecule has 0 spiro atoms. The molecule has 0 bridgehead atoms. The minimum absolute atomic E-state index is 0.102. The van der Waals surface area contributed by atoms with Crippen molar-refractivity contribution in [1.82, 2.24) is 0 Å². The van der Waals surface area contributed by atoms with Gasteiger partial charge in [-0.1, -0.05) is 35.9 Å². The summed E-state index contributed by atoms with van der Waals surface area (Å²) in [5.41, 5.74) is 2.91. The zero-order valence-corrected chi connectivity index (χ0v) is 23.0. The predicted molar refractivity (Wildman–Crippen MR) is 157 cm³/mol. The van der Waals surface area contributed by atoms with Crippen molar-refractivity contribution in [2.24, 2.45) is 0 Å². The van der Waals surface area contributed by atoms with Gasteiger partial charge in [0.25, 0.3) is 10.0 Å². The summed E-state index contributed by atoms with van der Waals surface area (Å²) in [4.78, 5) is 15.5. The van der Waals surface area contributed by atoms with Crippen molar-refractivity contribution in [2.75, 3.05) is 47.4 Å². The number of hydrogen-bond donors (Lipinski definition) is 1. The van der Waals surface area contributed by atoms with E-state index in [1.54, 1.807) is 48.5 Å². The number of morpholine rings is 1. The summed E-state index contributed by atoms with van der Waals surface area (Å²) < 4.78 is 39.8. The Morgan fingerprint density at radius 2 is 1.48 bits per heavy atom. The fourth-order valence-electron chi connectivity index (χ4n) is 4.37. The molecule has 1 aliphatic rings. The van der Waals surface area contributed by atoms with E-state index in [2.05, 4.69) is 10.2 Å². The molecule has 4 aromatic carbocycles. The fraction of sp³-hybridized carbons (Fsp3) is 0.194. The molecule has 0 aromatic heterocycles. The number of sulfonamides is 1. The second-order valence-corrected chi connectivity index (χ2v) is 11.3. The minimum atomic E-state index is -4.04. The lowest BCUT2D eigenvalue weighted by atomic mass is 10.2. The molecule has 1 fully saturated rings. The number of benzene rings is 4. The summed E-state index contributed by atoms with van der Waals surface area (Å²) in [5, 5.41) is 2.84. The molecule has 0 saturated carbocycles. The first-order chi connectivity index (χ1) is 19.4. The van der Waals surface area contributed by atoms with Crippen LogP contribution in [0, 0.1) is 6.92 Å². The Bertz CT molecular complexity index is 1520. The van der Waals surface area contributed by atoms with Gasteiger partial charge in [-0.05, 0) is 79.7 Å². The number of nitrogens with zero attached hydrogens (tertiary/aromatic N) is 2. The van der Waals surface area contributed by atoms with E-state index >= 15 is 0 Å². The van der Waals surface area contributed by atoms with Crippen LogP contribution in [0.2, 0.25) is 0 Å². The first kappa shape index (κ1) is 27.2. The third-order valence-electron chi connectivity index (χ3n) is 6.53. The Labute approximate surface area is 234 Å². The van der Waals surface area contributed by atoms with E-state index in [1.807, 2.05) is 61.5 Å². The zero-order valence-electron chi connectivity index (χ0n) is 22.2. The highest BCUT2D eigenvalue weighted by Gasteiger charge is 2.27. The molecule has 5 rings (SSSR count). The quantitative estimate of drug-likeness (QED) is 0.294. The molecule has 206 valence electrons.